The van der Waals surface area contributed by atoms with Crippen molar-refractivity contribution in [1.82, 2.24) is 0 Å². The van der Waals surface area contributed by atoms with E-state index >= 15 is 0 Å². The topological polar surface area (TPSA) is 58.9 Å². The Balaban J connectivity index is 1.87. The normalized spacial score (nSPS) is 25.5. The maximum Gasteiger partial charge on any atom is 0.160 e. The third-order valence-electron chi connectivity index (χ3n) is 4.35. The van der Waals surface area contributed by atoms with E-state index in [4.69, 9.17) is 14.6 Å². The van der Waals surface area contributed by atoms with Gasteiger partial charge in [0.1, 0.15) is 0 Å². The second-order valence-corrected chi connectivity index (χ2v) is 6.55. The van der Waals surface area contributed by atoms with Gasteiger partial charge in [0.15, 0.2) is 6.29 Å². The molecule has 4 heteroatoms. The van der Waals surface area contributed by atoms with Gasteiger partial charge in [0, 0.05) is 19.4 Å². The van der Waals surface area contributed by atoms with Crippen LogP contribution in [0, 0.1) is 0 Å². The van der Waals surface area contributed by atoms with Crippen LogP contribution < -0.4 is 0 Å². The average molecular weight is 316 g/mol. The zero-order valence-electron chi connectivity index (χ0n) is 14.3. The quantitative estimate of drug-likeness (QED) is 0.508. The number of unbranched alkanes of at least 4 members (excludes halogenated alkanes) is 9. The van der Waals surface area contributed by atoms with Crippen LogP contribution in [0.4, 0.5) is 0 Å². The zero-order valence-corrected chi connectivity index (χ0v) is 14.3. The van der Waals surface area contributed by atoms with Gasteiger partial charge in [-0.1, -0.05) is 64.7 Å². The number of hydrogen-bond donors (Lipinski definition) is 2. The lowest BCUT2D eigenvalue weighted by Gasteiger charge is -2.32. The van der Waals surface area contributed by atoms with Crippen LogP contribution >= 0.6 is 0 Å². The van der Waals surface area contributed by atoms with Gasteiger partial charge in [-0.3, -0.25) is 0 Å². The fourth-order valence-corrected chi connectivity index (χ4v) is 2.98. The van der Waals surface area contributed by atoms with Crippen molar-refractivity contribution >= 4 is 0 Å². The first-order valence-corrected chi connectivity index (χ1v) is 9.32. The van der Waals surface area contributed by atoms with E-state index in [1.807, 2.05) is 0 Å². The third-order valence-corrected chi connectivity index (χ3v) is 4.35. The number of hydrogen-bond acceptors (Lipinski definition) is 4. The monoisotopic (exact) mass is 316 g/mol. The Labute approximate surface area is 136 Å². The van der Waals surface area contributed by atoms with Crippen molar-refractivity contribution in [2.45, 2.75) is 102 Å². The largest absolute Gasteiger partial charge is 0.394 e. The highest BCUT2D eigenvalue weighted by Gasteiger charge is 2.28. The second kappa shape index (κ2) is 13.3. The SMILES string of the molecule is CCCCCCCCCCCCOC1CC(O)CC(CO)O1. The predicted octanol–water partition coefficient (Wildman–Crippen LogP) is 3.78. The molecule has 0 radical (unpaired) electrons. The molecule has 0 aromatic carbocycles. The Morgan fingerprint density at radius 1 is 0.909 bits per heavy atom. The Morgan fingerprint density at radius 3 is 2.09 bits per heavy atom. The van der Waals surface area contributed by atoms with Crippen LogP contribution in [0.2, 0.25) is 0 Å². The summed E-state index contributed by atoms with van der Waals surface area (Å²) in [5.74, 6) is 0. The van der Waals surface area contributed by atoms with E-state index < -0.39 is 6.10 Å². The lowest BCUT2D eigenvalue weighted by atomic mass is 10.1. The highest BCUT2D eigenvalue weighted by Crippen LogP contribution is 2.20. The summed E-state index contributed by atoms with van der Waals surface area (Å²) in [6.07, 6.45) is 13.1. The second-order valence-electron chi connectivity index (χ2n) is 6.55. The van der Waals surface area contributed by atoms with Crippen molar-refractivity contribution < 1.29 is 19.7 Å². The van der Waals surface area contributed by atoms with Crippen molar-refractivity contribution in [2.75, 3.05) is 13.2 Å². The summed E-state index contributed by atoms with van der Waals surface area (Å²) in [4.78, 5) is 0. The van der Waals surface area contributed by atoms with Gasteiger partial charge < -0.3 is 19.7 Å². The number of rotatable bonds is 13. The summed E-state index contributed by atoms with van der Waals surface area (Å²) in [5, 5.41) is 18.8. The summed E-state index contributed by atoms with van der Waals surface area (Å²) in [6.45, 7) is 2.90. The molecule has 1 heterocycles. The van der Waals surface area contributed by atoms with Crippen molar-refractivity contribution in [3.8, 4) is 0 Å². The molecule has 0 aliphatic carbocycles. The summed E-state index contributed by atoms with van der Waals surface area (Å²) in [7, 11) is 0. The van der Waals surface area contributed by atoms with Crippen molar-refractivity contribution in [3.05, 3.63) is 0 Å². The van der Waals surface area contributed by atoms with Crippen LogP contribution in [-0.4, -0.2) is 41.9 Å². The predicted molar refractivity (Wildman–Crippen MR) is 88.8 cm³/mol. The first-order valence-electron chi connectivity index (χ1n) is 9.32. The molecule has 1 aliphatic heterocycles. The summed E-state index contributed by atoms with van der Waals surface area (Å²) >= 11 is 0. The number of aliphatic hydroxyl groups excluding tert-OH is 2. The molecular weight excluding hydrogens is 280 g/mol. The molecule has 2 N–H and O–H groups in total. The minimum absolute atomic E-state index is 0.0465. The van der Waals surface area contributed by atoms with Gasteiger partial charge in [0.2, 0.25) is 0 Å². The van der Waals surface area contributed by atoms with E-state index in [1.54, 1.807) is 0 Å². The molecule has 0 spiro atoms. The van der Waals surface area contributed by atoms with Gasteiger partial charge in [-0.15, -0.1) is 0 Å². The molecule has 0 bridgehead atoms. The van der Waals surface area contributed by atoms with Crippen LogP contribution in [0.3, 0.4) is 0 Å². The van der Waals surface area contributed by atoms with Crippen LogP contribution in [0.25, 0.3) is 0 Å². The van der Waals surface area contributed by atoms with Gasteiger partial charge in [-0.05, 0) is 6.42 Å². The molecule has 0 amide bonds. The Hall–Kier alpha value is -0.160. The smallest absolute Gasteiger partial charge is 0.160 e. The van der Waals surface area contributed by atoms with E-state index in [9.17, 15) is 5.11 Å². The van der Waals surface area contributed by atoms with E-state index in [-0.39, 0.29) is 19.0 Å². The fourth-order valence-electron chi connectivity index (χ4n) is 2.98. The molecule has 1 aliphatic rings. The van der Waals surface area contributed by atoms with Crippen LogP contribution in [-0.2, 0) is 9.47 Å². The van der Waals surface area contributed by atoms with Crippen molar-refractivity contribution in [3.63, 3.8) is 0 Å². The third kappa shape index (κ3) is 9.78. The molecule has 0 saturated carbocycles. The van der Waals surface area contributed by atoms with E-state index in [2.05, 4.69) is 6.92 Å². The Kier molecular flexibility index (Phi) is 12.0. The first-order chi connectivity index (χ1) is 10.8. The van der Waals surface area contributed by atoms with Crippen LogP contribution in [0.1, 0.15) is 84.0 Å². The maximum atomic E-state index is 9.69. The van der Waals surface area contributed by atoms with E-state index in [0.29, 0.717) is 19.4 Å². The van der Waals surface area contributed by atoms with E-state index in [0.717, 1.165) is 6.42 Å². The van der Waals surface area contributed by atoms with E-state index in [1.165, 1.54) is 57.8 Å². The molecule has 1 saturated heterocycles. The Morgan fingerprint density at radius 2 is 1.50 bits per heavy atom. The number of ether oxygens (including phenoxy) is 2. The average Bonchev–Trinajstić information content (AvgIpc) is 2.52. The molecule has 4 nitrogen and oxygen atoms in total. The molecular formula is C18H36O4. The molecule has 3 atom stereocenters. The minimum atomic E-state index is -0.413. The van der Waals surface area contributed by atoms with Gasteiger partial charge >= 0.3 is 0 Å². The molecule has 1 fully saturated rings. The summed E-state index contributed by atoms with van der Waals surface area (Å²) in [6, 6.07) is 0. The lowest BCUT2D eigenvalue weighted by molar-refractivity contribution is -0.221. The number of aliphatic hydroxyl groups is 2. The van der Waals surface area contributed by atoms with Gasteiger partial charge in [0.25, 0.3) is 0 Å². The highest BCUT2D eigenvalue weighted by molar-refractivity contribution is 4.72. The van der Waals surface area contributed by atoms with Gasteiger partial charge in [-0.2, -0.15) is 0 Å². The molecule has 0 aromatic heterocycles. The Bertz CT molecular complexity index is 247. The maximum absolute atomic E-state index is 9.69. The zero-order chi connectivity index (χ0) is 16.0. The van der Waals surface area contributed by atoms with Crippen molar-refractivity contribution in [2.24, 2.45) is 0 Å². The fraction of sp³-hybridized carbons (Fsp3) is 1.00. The standard InChI is InChI=1S/C18H36O4/c1-2-3-4-5-6-7-8-9-10-11-12-21-18-14-16(20)13-17(15-19)22-18/h16-20H,2-15H2,1H3. The molecule has 22 heavy (non-hydrogen) atoms. The highest BCUT2D eigenvalue weighted by atomic mass is 16.7. The first kappa shape index (κ1) is 19.9. The van der Waals surface area contributed by atoms with Crippen LogP contribution in [0.5, 0.6) is 0 Å². The molecule has 0 aromatic rings. The minimum Gasteiger partial charge on any atom is -0.394 e. The van der Waals surface area contributed by atoms with Gasteiger partial charge in [0.05, 0.1) is 18.8 Å². The molecule has 3 unspecified atom stereocenters. The van der Waals surface area contributed by atoms with Crippen LogP contribution in [0.15, 0.2) is 0 Å². The summed E-state index contributed by atoms with van der Waals surface area (Å²) in [5.41, 5.74) is 0. The molecule has 1 rings (SSSR count). The van der Waals surface area contributed by atoms with Crippen molar-refractivity contribution in [1.29, 1.82) is 0 Å². The van der Waals surface area contributed by atoms with Gasteiger partial charge in [-0.25, -0.2) is 0 Å². The lowest BCUT2D eigenvalue weighted by Crippen LogP contribution is -2.39. The summed E-state index contributed by atoms with van der Waals surface area (Å²) < 4.78 is 11.2. The molecule has 132 valence electrons.